The van der Waals surface area contributed by atoms with E-state index < -0.39 is 34.4 Å². The zero-order chi connectivity index (χ0) is 20.6. The van der Waals surface area contributed by atoms with Gasteiger partial charge in [-0.05, 0) is 41.0 Å². The Hall–Kier alpha value is -1.17. The Bertz CT molecular complexity index is 794. The van der Waals surface area contributed by atoms with E-state index in [0.717, 1.165) is 22.8 Å². The molecule has 1 aliphatic rings. The summed E-state index contributed by atoms with van der Waals surface area (Å²) in [5.74, 6) is -1.84. The van der Waals surface area contributed by atoms with Crippen molar-refractivity contribution in [3.05, 3.63) is 50.5 Å². The normalized spacial score (nSPS) is 21.6. The maximum Gasteiger partial charge on any atom is 0.426 e. The summed E-state index contributed by atoms with van der Waals surface area (Å²) in [5, 5.41) is -1.22. The van der Waals surface area contributed by atoms with E-state index in [4.69, 9.17) is 39.5 Å². The minimum Gasteiger partial charge on any atom is -0.461 e. The van der Waals surface area contributed by atoms with E-state index in [9.17, 15) is 18.0 Å². The summed E-state index contributed by atoms with van der Waals surface area (Å²) in [7, 11) is 0. The molecule has 0 aromatic heterocycles. The topological polar surface area (TPSA) is 26.3 Å². The van der Waals surface area contributed by atoms with Crippen LogP contribution in [0.5, 0.6) is 0 Å². The van der Waals surface area contributed by atoms with E-state index in [2.05, 4.69) is 0 Å². The van der Waals surface area contributed by atoms with Gasteiger partial charge in [-0.3, -0.25) is 4.79 Å². The molecule has 1 saturated carbocycles. The van der Waals surface area contributed by atoms with Gasteiger partial charge in [0.05, 0.1) is 5.92 Å². The molecule has 1 aromatic carbocycles. The Kier molecular flexibility index (Phi) is 6.60. The summed E-state index contributed by atoms with van der Waals surface area (Å²) in [6.45, 7) is 5.25. The van der Waals surface area contributed by atoms with Gasteiger partial charge in [0.1, 0.15) is 16.1 Å². The zero-order valence-electron chi connectivity index (χ0n) is 14.8. The number of carbonyl (C=O) groups excluding carboxylic acids is 1. The predicted molar refractivity (Wildman–Crippen MR) is 101 cm³/mol. The average Bonchev–Trinajstić information content (AvgIpc) is 3.07. The van der Waals surface area contributed by atoms with Crippen LogP contribution in [0, 0.1) is 24.2 Å². The first-order chi connectivity index (χ1) is 12.4. The van der Waals surface area contributed by atoms with Gasteiger partial charge in [0, 0.05) is 0 Å². The molecule has 2 rings (SSSR count). The monoisotopic (exact) mass is 440 g/mol. The molecule has 148 valence electrons. The lowest BCUT2D eigenvalue weighted by Crippen LogP contribution is -2.11. The number of carbonyl (C=O) groups is 1. The SMILES string of the molecule is Cc1c(C=C(Cl)Cl)cccc1COC(=O)[C@@H]1[C@@H](C=C(Cl)C(F)(F)F)C1(C)C. The molecule has 0 radical (unpaired) electrons. The maximum absolute atomic E-state index is 12.6. The van der Waals surface area contributed by atoms with Crippen molar-refractivity contribution in [2.45, 2.75) is 33.6 Å². The van der Waals surface area contributed by atoms with Crippen molar-refractivity contribution in [2.75, 3.05) is 0 Å². The molecular formula is C19H18Cl3F3O2. The molecule has 0 saturated heterocycles. The molecule has 8 heteroatoms. The molecule has 0 N–H and O–H groups in total. The average molecular weight is 442 g/mol. The smallest absolute Gasteiger partial charge is 0.426 e. The quantitative estimate of drug-likeness (QED) is 0.471. The fraction of sp³-hybridized carbons (Fsp3) is 0.421. The number of halogens is 6. The van der Waals surface area contributed by atoms with Crippen molar-refractivity contribution >= 4 is 46.8 Å². The van der Waals surface area contributed by atoms with Gasteiger partial charge in [-0.2, -0.15) is 13.2 Å². The number of benzene rings is 1. The lowest BCUT2D eigenvalue weighted by Gasteiger charge is -2.10. The van der Waals surface area contributed by atoms with Crippen molar-refractivity contribution < 1.29 is 22.7 Å². The predicted octanol–water partition coefficient (Wildman–Crippen LogP) is 6.77. The molecule has 0 aliphatic heterocycles. The molecule has 0 spiro atoms. The van der Waals surface area contributed by atoms with Crippen LogP contribution < -0.4 is 0 Å². The van der Waals surface area contributed by atoms with Crippen molar-refractivity contribution in [1.29, 1.82) is 0 Å². The van der Waals surface area contributed by atoms with E-state index in [0.29, 0.717) is 0 Å². The highest BCUT2D eigenvalue weighted by atomic mass is 35.5. The molecule has 0 bridgehead atoms. The van der Waals surface area contributed by atoms with E-state index in [1.54, 1.807) is 32.1 Å². The minimum atomic E-state index is -4.62. The highest BCUT2D eigenvalue weighted by molar-refractivity contribution is 6.57. The standard InChI is InChI=1S/C19H18Cl3F3O2/c1-10-11(7-15(21)22)5-4-6-12(10)9-27-17(26)16-13(18(16,2)3)8-14(20)19(23,24)25/h4-8,13,16H,9H2,1-3H3/t13-,16+/m1/s1. The lowest BCUT2D eigenvalue weighted by molar-refractivity contribution is -0.147. The second-order valence-corrected chi connectivity index (χ2v) is 8.43. The first kappa shape index (κ1) is 22.1. The van der Waals surface area contributed by atoms with Gasteiger partial charge < -0.3 is 4.74 Å². The van der Waals surface area contributed by atoms with Gasteiger partial charge >= 0.3 is 12.1 Å². The Morgan fingerprint density at radius 2 is 1.89 bits per heavy atom. The molecule has 27 heavy (non-hydrogen) atoms. The third-order valence-electron chi connectivity index (χ3n) is 4.88. The van der Waals surface area contributed by atoms with Crippen molar-refractivity contribution in [3.8, 4) is 0 Å². The number of alkyl halides is 3. The van der Waals surface area contributed by atoms with E-state index >= 15 is 0 Å². The van der Waals surface area contributed by atoms with E-state index in [-0.39, 0.29) is 11.1 Å². The fourth-order valence-corrected chi connectivity index (χ4v) is 3.43. The highest BCUT2D eigenvalue weighted by Gasteiger charge is 2.62. The van der Waals surface area contributed by atoms with Crippen LogP contribution in [0.4, 0.5) is 13.2 Å². The summed E-state index contributed by atoms with van der Waals surface area (Å²) < 4.78 is 43.3. The van der Waals surface area contributed by atoms with Crippen LogP contribution in [0.25, 0.3) is 6.08 Å². The molecule has 1 aliphatic carbocycles. The van der Waals surface area contributed by atoms with Gasteiger partial charge in [-0.1, -0.05) is 72.9 Å². The summed E-state index contributed by atoms with van der Waals surface area (Å²) in [6, 6.07) is 5.38. The molecule has 1 fully saturated rings. The number of hydrogen-bond acceptors (Lipinski definition) is 2. The van der Waals surface area contributed by atoms with Crippen LogP contribution in [0.2, 0.25) is 0 Å². The van der Waals surface area contributed by atoms with Crippen LogP contribution in [0.3, 0.4) is 0 Å². The number of ether oxygens (including phenoxy) is 1. The first-order valence-electron chi connectivity index (χ1n) is 8.08. The molecule has 1 aromatic rings. The third-order valence-corrected chi connectivity index (χ3v) is 5.44. The largest absolute Gasteiger partial charge is 0.461 e. The highest BCUT2D eigenvalue weighted by Crippen LogP contribution is 2.60. The molecule has 2 atom stereocenters. The number of esters is 1. The Morgan fingerprint density at radius 3 is 2.44 bits per heavy atom. The van der Waals surface area contributed by atoms with Gasteiger partial charge in [0.15, 0.2) is 0 Å². The number of rotatable bonds is 5. The van der Waals surface area contributed by atoms with Crippen LogP contribution in [-0.2, 0) is 16.1 Å². The first-order valence-corrected chi connectivity index (χ1v) is 9.21. The van der Waals surface area contributed by atoms with Crippen molar-refractivity contribution in [1.82, 2.24) is 0 Å². The Morgan fingerprint density at radius 1 is 1.26 bits per heavy atom. The molecule has 0 heterocycles. The Balaban J connectivity index is 2.08. The molecular weight excluding hydrogens is 424 g/mol. The number of hydrogen-bond donors (Lipinski definition) is 0. The third kappa shape index (κ3) is 5.21. The van der Waals surface area contributed by atoms with Crippen LogP contribution in [0.15, 0.2) is 33.8 Å². The van der Waals surface area contributed by atoms with Gasteiger partial charge in [-0.15, -0.1) is 0 Å². The minimum absolute atomic E-state index is 0.00225. The number of allylic oxidation sites excluding steroid dienone is 2. The van der Waals surface area contributed by atoms with E-state index in [1.165, 1.54) is 0 Å². The molecule has 2 nitrogen and oxygen atoms in total. The summed E-state index contributed by atoms with van der Waals surface area (Å²) >= 11 is 16.7. The molecule has 0 unspecified atom stereocenters. The summed E-state index contributed by atoms with van der Waals surface area (Å²) in [5.41, 5.74) is 1.74. The maximum atomic E-state index is 12.6. The lowest BCUT2D eigenvalue weighted by atomic mass is 10.0. The molecule has 0 amide bonds. The zero-order valence-corrected chi connectivity index (χ0v) is 17.1. The van der Waals surface area contributed by atoms with Crippen molar-refractivity contribution in [3.63, 3.8) is 0 Å². The van der Waals surface area contributed by atoms with Gasteiger partial charge in [0.25, 0.3) is 0 Å². The van der Waals surface area contributed by atoms with Crippen LogP contribution in [0.1, 0.15) is 30.5 Å². The summed E-state index contributed by atoms with van der Waals surface area (Å²) in [4.78, 5) is 12.4. The van der Waals surface area contributed by atoms with Gasteiger partial charge in [0.2, 0.25) is 0 Å². The van der Waals surface area contributed by atoms with Gasteiger partial charge in [-0.25, -0.2) is 0 Å². The van der Waals surface area contributed by atoms with E-state index in [1.807, 2.05) is 13.0 Å². The van der Waals surface area contributed by atoms with Crippen LogP contribution in [-0.4, -0.2) is 12.1 Å². The Labute approximate surface area is 170 Å². The fourth-order valence-electron chi connectivity index (χ4n) is 3.06. The van der Waals surface area contributed by atoms with Crippen LogP contribution >= 0.6 is 34.8 Å². The second-order valence-electron chi connectivity index (χ2n) is 7.01. The van der Waals surface area contributed by atoms with Crippen molar-refractivity contribution in [2.24, 2.45) is 17.3 Å². The summed E-state index contributed by atoms with van der Waals surface area (Å²) in [6.07, 6.45) is -2.15. The second kappa shape index (κ2) is 8.06.